The summed E-state index contributed by atoms with van der Waals surface area (Å²) >= 11 is 5.13. The van der Waals surface area contributed by atoms with Gasteiger partial charge in [0.25, 0.3) is 0 Å². The van der Waals surface area contributed by atoms with E-state index in [4.69, 9.17) is 11.6 Å². The average Bonchev–Trinajstić information content (AvgIpc) is 1.77. The van der Waals surface area contributed by atoms with Crippen LogP contribution in [0.15, 0.2) is 0 Å². The number of hydrogen-bond acceptors (Lipinski definition) is 2. The molecule has 0 amide bonds. The first kappa shape index (κ1) is 5.44. The van der Waals surface area contributed by atoms with Crippen molar-refractivity contribution in [2.45, 2.75) is 0 Å². The number of hydrogen-bond donors (Lipinski definition) is 0. The number of halogens is 2. The van der Waals surface area contributed by atoms with Gasteiger partial charge in [-0.05, 0) is 0 Å². The van der Waals surface area contributed by atoms with Gasteiger partial charge in [0.15, 0.2) is 0 Å². The number of nitrogens with zero attached hydrogens (tertiary/aromatic N) is 2. The van der Waals surface area contributed by atoms with E-state index in [0.717, 1.165) is 0 Å². The Labute approximate surface area is 50.3 Å². The van der Waals surface area contributed by atoms with E-state index < -0.39 is 5.95 Å². The van der Waals surface area contributed by atoms with Crippen LogP contribution in [-0.2, 0) is 0 Å². The molecule has 0 unspecified atom stereocenters. The van der Waals surface area contributed by atoms with Gasteiger partial charge in [0.1, 0.15) is 11.2 Å². The summed E-state index contributed by atoms with van der Waals surface area (Å²) in [6, 6.07) is 0. The van der Waals surface area contributed by atoms with Crippen LogP contribution in [0.25, 0.3) is 0 Å². The largest absolute Gasteiger partial charge is 0.236 e. The highest BCUT2D eigenvalue weighted by molar-refractivity contribution is 6.30. The van der Waals surface area contributed by atoms with Gasteiger partial charge in [0.05, 0.1) is 0 Å². The molecule has 0 aliphatic heterocycles. The van der Waals surface area contributed by atoms with Gasteiger partial charge < -0.3 is 0 Å². The molecular formula is C4ClFN2. The summed E-state index contributed by atoms with van der Waals surface area (Å²) in [7, 11) is 0. The van der Waals surface area contributed by atoms with E-state index in [1.807, 2.05) is 6.33 Å². The first-order valence-corrected chi connectivity index (χ1v) is 2.15. The molecule has 2 nitrogen and oxygen atoms in total. The average molecular weight is 131 g/mol. The lowest BCUT2D eigenvalue weighted by atomic mass is 10.7. The maximum atomic E-state index is 12.0. The summed E-state index contributed by atoms with van der Waals surface area (Å²) in [5.74, 6) is -0.790. The Morgan fingerprint density at radius 1 is 1.62 bits per heavy atom. The molecule has 8 heavy (non-hydrogen) atoms. The topological polar surface area (TPSA) is 25.8 Å². The fourth-order valence-electron chi connectivity index (χ4n) is 0.238. The highest BCUT2D eigenvalue weighted by Gasteiger charge is 1.96. The normalized spacial score (nSPS) is 9.25. The SMILES string of the molecule is Fc1n[c]n[c]c1Cl. The zero-order valence-corrected chi connectivity index (χ0v) is 4.41. The molecule has 2 radical (unpaired) electrons. The minimum atomic E-state index is -0.790. The van der Waals surface area contributed by atoms with Gasteiger partial charge >= 0.3 is 0 Å². The lowest BCUT2D eigenvalue weighted by Gasteiger charge is -1.83. The molecule has 0 N–H and O–H groups in total. The molecule has 40 valence electrons. The van der Waals surface area contributed by atoms with Crippen molar-refractivity contribution in [2.75, 3.05) is 0 Å². The van der Waals surface area contributed by atoms with Crippen LogP contribution in [0.2, 0.25) is 5.02 Å². The summed E-state index contributed by atoms with van der Waals surface area (Å²) in [6.07, 6.45) is 4.11. The van der Waals surface area contributed by atoms with Crippen LogP contribution in [-0.4, -0.2) is 9.97 Å². The monoisotopic (exact) mass is 130 g/mol. The van der Waals surface area contributed by atoms with Gasteiger partial charge in [-0.3, -0.25) is 0 Å². The molecule has 1 aromatic rings. The van der Waals surface area contributed by atoms with Crippen molar-refractivity contribution >= 4 is 11.6 Å². The van der Waals surface area contributed by atoms with Gasteiger partial charge in [-0.25, -0.2) is 4.98 Å². The summed E-state index contributed by atoms with van der Waals surface area (Å²) in [5.41, 5.74) is 0. The third kappa shape index (κ3) is 0.924. The van der Waals surface area contributed by atoms with E-state index in [2.05, 4.69) is 16.2 Å². The van der Waals surface area contributed by atoms with Crippen LogP contribution in [0.4, 0.5) is 4.39 Å². The van der Waals surface area contributed by atoms with Crippen LogP contribution in [0.5, 0.6) is 0 Å². The predicted octanol–water partition coefficient (Wildman–Crippen LogP) is 0.869. The summed E-state index contributed by atoms with van der Waals surface area (Å²) < 4.78 is 12.0. The van der Waals surface area contributed by atoms with E-state index >= 15 is 0 Å². The van der Waals surface area contributed by atoms with Gasteiger partial charge in [-0.2, -0.15) is 9.37 Å². The van der Waals surface area contributed by atoms with Crippen molar-refractivity contribution < 1.29 is 4.39 Å². The Morgan fingerprint density at radius 3 is 2.75 bits per heavy atom. The zero-order chi connectivity index (χ0) is 5.98. The molecule has 1 rings (SSSR count). The highest BCUT2D eigenvalue weighted by Crippen LogP contribution is 2.05. The van der Waals surface area contributed by atoms with E-state index in [9.17, 15) is 4.39 Å². The van der Waals surface area contributed by atoms with Gasteiger partial charge in [0.2, 0.25) is 12.3 Å². The smallest absolute Gasteiger partial charge is 0.222 e. The summed E-state index contributed by atoms with van der Waals surface area (Å²) in [4.78, 5) is 6.22. The third-order valence-electron chi connectivity index (χ3n) is 0.533. The second kappa shape index (κ2) is 2.05. The molecule has 0 saturated heterocycles. The van der Waals surface area contributed by atoms with Crippen LogP contribution in [0, 0.1) is 18.5 Å². The van der Waals surface area contributed by atoms with Crippen molar-refractivity contribution in [3.63, 3.8) is 0 Å². The molecule has 0 spiro atoms. The zero-order valence-electron chi connectivity index (χ0n) is 3.65. The third-order valence-corrected chi connectivity index (χ3v) is 0.774. The minimum Gasteiger partial charge on any atom is -0.222 e. The van der Waals surface area contributed by atoms with Crippen LogP contribution < -0.4 is 0 Å². The first-order valence-electron chi connectivity index (χ1n) is 1.77. The van der Waals surface area contributed by atoms with Gasteiger partial charge in [0, 0.05) is 0 Å². The molecule has 0 aliphatic carbocycles. The molecule has 1 aromatic heterocycles. The quantitative estimate of drug-likeness (QED) is 0.487. The maximum Gasteiger partial charge on any atom is 0.236 e. The van der Waals surface area contributed by atoms with Crippen molar-refractivity contribution in [3.05, 3.63) is 23.5 Å². The van der Waals surface area contributed by atoms with Crippen molar-refractivity contribution in [1.29, 1.82) is 0 Å². The van der Waals surface area contributed by atoms with Gasteiger partial charge in [-0.1, -0.05) is 11.6 Å². The van der Waals surface area contributed by atoms with Gasteiger partial charge in [-0.15, -0.1) is 0 Å². The Morgan fingerprint density at radius 2 is 2.38 bits per heavy atom. The van der Waals surface area contributed by atoms with Crippen LogP contribution >= 0.6 is 11.6 Å². The van der Waals surface area contributed by atoms with E-state index in [-0.39, 0.29) is 5.02 Å². The number of rotatable bonds is 0. The molecule has 1 heterocycles. The summed E-state index contributed by atoms with van der Waals surface area (Å²) in [6.45, 7) is 0. The van der Waals surface area contributed by atoms with Crippen molar-refractivity contribution in [3.8, 4) is 0 Å². The molecule has 4 heteroatoms. The molecule has 0 bridgehead atoms. The predicted molar refractivity (Wildman–Crippen MR) is 24.7 cm³/mol. The Kier molecular flexibility index (Phi) is 1.39. The summed E-state index contributed by atoms with van der Waals surface area (Å²) in [5, 5.41) is -0.205. The highest BCUT2D eigenvalue weighted by atomic mass is 35.5. The second-order valence-electron chi connectivity index (χ2n) is 1.04. The lowest BCUT2D eigenvalue weighted by Crippen LogP contribution is -1.84. The Hall–Kier alpha value is -0.700. The maximum absolute atomic E-state index is 12.0. The van der Waals surface area contributed by atoms with E-state index in [0.29, 0.717) is 0 Å². The molecule has 0 aliphatic rings. The van der Waals surface area contributed by atoms with Crippen molar-refractivity contribution in [1.82, 2.24) is 9.97 Å². The lowest BCUT2D eigenvalue weighted by molar-refractivity contribution is 0.578. The van der Waals surface area contributed by atoms with E-state index in [1.54, 1.807) is 0 Å². The minimum absolute atomic E-state index is 0.205. The molecule has 0 atom stereocenters. The number of aromatic nitrogens is 2. The van der Waals surface area contributed by atoms with E-state index in [1.165, 1.54) is 0 Å². The first-order chi connectivity index (χ1) is 3.80. The molecule has 0 fully saturated rings. The second-order valence-corrected chi connectivity index (χ2v) is 1.42. The van der Waals surface area contributed by atoms with Crippen molar-refractivity contribution in [2.24, 2.45) is 0 Å². The standard InChI is InChI=1S/C4ClFN2/c5-3-1-7-2-8-4(3)6. The van der Waals surface area contributed by atoms with Crippen LogP contribution in [0.3, 0.4) is 0 Å². The van der Waals surface area contributed by atoms with Crippen LogP contribution in [0.1, 0.15) is 0 Å². The molecule has 0 aromatic carbocycles. The molecule has 0 saturated carbocycles. The molecular weight excluding hydrogens is 131 g/mol. The Balaban J connectivity index is 3.13. The fraction of sp³-hybridized carbons (Fsp3) is 0. The fourth-order valence-corrected chi connectivity index (χ4v) is 0.323. The Bertz CT molecular complexity index is 170.